The summed E-state index contributed by atoms with van der Waals surface area (Å²) in [5, 5.41) is 0. The van der Waals surface area contributed by atoms with E-state index in [0.717, 1.165) is 10.4 Å². The zero-order chi connectivity index (χ0) is 16.5. The van der Waals surface area contributed by atoms with Crippen LogP contribution in [0.3, 0.4) is 0 Å². The van der Waals surface area contributed by atoms with Crippen molar-refractivity contribution in [1.29, 1.82) is 0 Å². The fourth-order valence-corrected chi connectivity index (χ4v) is 5.28. The van der Waals surface area contributed by atoms with Gasteiger partial charge in [0.25, 0.3) is 0 Å². The summed E-state index contributed by atoms with van der Waals surface area (Å²) in [6.07, 6.45) is 0. The molecule has 0 radical (unpaired) electrons. The molecule has 1 aromatic carbocycles. The molecule has 0 saturated carbocycles. The van der Waals surface area contributed by atoms with E-state index < -0.39 is 21.9 Å². The SMILES string of the molecule is CC(C)N(C)C(=O)[C@@H]1CSCN1S(=O)(=O)c1cccc(F)c1. The van der Waals surface area contributed by atoms with E-state index in [0.29, 0.717) is 5.75 Å². The quantitative estimate of drug-likeness (QED) is 0.833. The van der Waals surface area contributed by atoms with Gasteiger partial charge in [-0.3, -0.25) is 4.79 Å². The Morgan fingerprint density at radius 2 is 2.14 bits per heavy atom. The van der Waals surface area contributed by atoms with Gasteiger partial charge < -0.3 is 4.90 Å². The summed E-state index contributed by atoms with van der Waals surface area (Å²) in [4.78, 5) is 13.9. The van der Waals surface area contributed by atoms with E-state index in [9.17, 15) is 17.6 Å². The van der Waals surface area contributed by atoms with Crippen LogP contribution in [0.1, 0.15) is 13.8 Å². The molecule has 5 nitrogen and oxygen atoms in total. The normalized spacial score (nSPS) is 19.6. The maximum absolute atomic E-state index is 13.3. The second-order valence-electron chi connectivity index (χ2n) is 5.41. The predicted octanol–water partition coefficient (Wildman–Crippen LogP) is 1.76. The van der Waals surface area contributed by atoms with E-state index in [4.69, 9.17) is 0 Å². The zero-order valence-corrected chi connectivity index (χ0v) is 14.3. The molecule has 0 spiro atoms. The Balaban J connectivity index is 2.32. The number of hydrogen-bond acceptors (Lipinski definition) is 4. The van der Waals surface area contributed by atoms with Crippen LogP contribution in [0.25, 0.3) is 0 Å². The van der Waals surface area contributed by atoms with Crippen molar-refractivity contribution >= 4 is 27.7 Å². The number of nitrogens with zero attached hydrogens (tertiary/aromatic N) is 2. The van der Waals surface area contributed by atoms with E-state index in [-0.39, 0.29) is 22.7 Å². The summed E-state index contributed by atoms with van der Waals surface area (Å²) >= 11 is 1.38. The fraction of sp³-hybridized carbons (Fsp3) is 0.500. The average Bonchev–Trinajstić information content (AvgIpc) is 2.95. The van der Waals surface area contributed by atoms with Gasteiger partial charge in [-0.15, -0.1) is 11.8 Å². The molecule has 1 aliphatic rings. The smallest absolute Gasteiger partial charge is 0.244 e. The Hall–Kier alpha value is -1.12. The lowest BCUT2D eigenvalue weighted by Gasteiger charge is -2.29. The highest BCUT2D eigenvalue weighted by Crippen LogP contribution is 2.29. The number of likely N-dealkylation sites (N-methyl/N-ethyl adjacent to an activating group) is 1. The van der Waals surface area contributed by atoms with E-state index in [1.165, 1.54) is 34.9 Å². The highest BCUT2D eigenvalue weighted by atomic mass is 32.2. The molecule has 1 heterocycles. The molecule has 0 unspecified atom stereocenters. The number of hydrogen-bond donors (Lipinski definition) is 0. The number of amides is 1. The van der Waals surface area contributed by atoms with E-state index in [1.807, 2.05) is 13.8 Å². The molecule has 1 fully saturated rings. The summed E-state index contributed by atoms with van der Waals surface area (Å²) in [6.45, 7) is 3.73. The van der Waals surface area contributed by atoms with Crippen molar-refractivity contribution in [3.05, 3.63) is 30.1 Å². The van der Waals surface area contributed by atoms with Gasteiger partial charge in [0, 0.05) is 18.8 Å². The molecule has 0 N–H and O–H groups in total. The van der Waals surface area contributed by atoms with Crippen LogP contribution in [0.5, 0.6) is 0 Å². The molecule has 1 atom stereocenters. The van der Waals surface area contributed by atoms with Crippen LogP contribution >= 0.6 is 11.8 Å². The van der Waals surface area contributed by atoms with Gasteiger partial charge in [-0.05, 0) is 32.0 Å². The van der Waals surface area contributed by atoms with Crippen molar-refractivity contribution in [3.8, 4) is 0 Å². The lowest BCUT2D eigenvalue weighted by molar-refractivity contribution is -0.134. The standard InChI is InChI=1S/C14H19FN2O3S2/c1-10(2)16(3)14(18)13-8-21-9-17(13)22(19,20)12-6-4-5-11(15)7-12/h4-7,10,13H,8-9H2,1-3H3/t13-/m0/s1. The van der Waals surface area contributed by atoms with E-state index in [1.54, 1.807) is 7.05 Å². The summed E-state index contributed by atoms with van der Waals surface area (Å²) < 4.78 is 39.8. The van der Waals surface area contributed by atoms with Crippen molar-refractivity contribution in [2.75, 3.05) is 18.7 Å². The maximum Gasteiger partial charge on any atom is 0.244 e. The molecular formula is C14H19FN2O3S2. The highest BCUT2D eigenvalue weighted by Gasteiger charge is 2.41. The second-order valence-corrected chi connectivity index (χ2v) is 8.30. The highest BCUT2D eigenvalue weighted by molar-refractivity contribution is 8.00. The van der Waals surface area contributed by atoms with Crippen molar-refractivity contribution in [2.24, 2.45) is 0 Å². The lowest BCUT2D eigenvalue weighted by Crippen LogP contribution is -2.49. The Morgan fingerprint density at radius 3 is 2.73 bits per heavy atom. The van der Waals surface area contributed by atoms with Crippen LogP contribution in [-0.4, -0.2) is 54.3 Å². The van der Waals surface area contributed by atoms with Crippen LogP contribution in [-0.2, 0) is 14.8 Å². The first-order chi connectivity index (χ1) is 10.2. The fourth-order valence-electron chi connectivity index (χ4n) is 2.11. The van der Waals surface area contributed by atoms with Crippen LogP contribution in [0.2, 0.25) is 0 Å². The number of thioether (sulfide) groups is 1. The molecule has 2 rings (SSSR count). The molecule has 122 valence electrons. The number of rotatable bonds is 4. The number of benzene rings is 1. The van der Waals surface area contributed by atoms with Crippen LogP contribution in [0, 0.1) is 5.82 Å². The van der Waals surface area contributed by atoms with Gasteiger partial charge in [0.15, 0.2) is 0 Å². The van der Waals surface area contributed by atoms with Gasteiger partial charge in [-0.1, -0.05) is 6.07 Å². The van der Waals surface area contributed by atoms with E-state index >= 15 is 0 Å². The monoisotopic (exact) mass is 346 g/mol. The van der Waals surface area contributed by atoms with Gasteiger partial charge in [0.05, 0.1) is 10.8 Å². The van der Waals surface area contributed by atoms with Gasteiger partial charge >= 0.3 is 0 Å². The summed E-state index contributed by atoms with van der Waals surface area (Å²) in [6, 6.07) is 4.10. The van der Waals surface area contributed by atoms with Gasteiger partial charge in [0.2, 0.25) is 15.9 Å². The lowest BCUT2D eigenvalue weighted by atomic mass is 10.2. The molecule has 8 heteroatoms. The zero-order valence-electron chi connectivity index (χ0n) is 12.7. The molecule has 1 saturated heterocycles. The summed E-state index contributed by atoms with van der Waals surface area (Å²) in [5.74, 6) is -0.249. The molecule has 1 aliphatic heterocycles. The Bertz CT molecular complexity index is 664. The Morgan fingerprint density at radius 1 is 1.45 bits per heavy atom. The largest absolute Gasteiger partial charge is 0.342 e. The number of carbonyl (C=O) groups is 1. The third kappa shape index (κ3) is 3.28. The topological polar surface area (TPSA) is 57.7 Å². The number of halogens is 1. The molecular weight excluding hydrogens is 327 g/mol. The summed E-state index contributed by atoms with van der Waals surface area (Å²) in [5.41, 5.74) is 0. The van der Waals surface area contributed by atoms with Gasteiger partial charge in [-0.2, -0.15) is 4.31 Å². The van der Waals surface area contributed by atoms with Crippen molar-refractivity contribution in [2.45, 2.75) is 30.8 Å². The van der Waals surface area contributed by atoms with Crippen LogP contribution in [0.15, 0.2) is 29.2 Å². The number of sulfonamides is 1. The first-order valence-electron chi connectivity index (χ1n) is 6.87. The molecule has 22 heavy (non-hydrogen) atoms. The molecule has 0 aliphatic carbocycles. The first kappa shape index (κ1) is 17.2. The Labute approximate surface area is 134 Å². The minimum absolute atomic E-state index is 0.0168. The number of carbonyl (C=O) groups excluding carboxylic acids is 1. The maximum atomic E-state index is 13.3. The molecule has 1 amide bonds. The van der Waals surface area contributed by atoms with Gasteiger partial charge in [-0.25, -0.2) is 12.8 Å². The minimum atomic E-state index is -3.89. The van der Waals surface area contributed by atoms with Crippen molar-refractivity contribution < 1.29 is 17.6 Å². The minimum Gasteiger partial charge on any atom is -0.342 e. The third-order valence-corrected chi connectivity index (χ3v) is 6.68. The van der Waals surface area contributed by atoms with Crippen molar-refractivity contribution in [3.63, 3.8) is 0 Å². The third-order valence-electron chi connectivity index (χ3n) is 3.65. The first-order valence-corrected chi connectivity index (χ1v) is 9.46. The van der Waals surface area contributed by atoms with E-state index in [2.05, 4.69) is 0 Å². The van der Waals surface area contributed by atoms with Gasteiger partial charge in [0.1, 0.15) is 11.9 Å². The molecule has 1 aromatic rings. The van der Waals surface area contributed by atoms with Crippen LogP contribution < -0.4 is 0 Å². The second kappa shape index (κ2) is 6.55. The van der Waals surface area contributed by atoms with Crippen LogP contribution in [0.4, 0.5) is 4.39 Å². The Kier molecular flexibility index (Phi) is 5.14. The predicted molar refractivity (Wildman–Crippen MR) is 84.4 cm³/mol. The van der Waals surface area contributed by atoms with Crippen molar-refractivity contribution in [1.82, 2.24) is 9.21 Å². The average molecular weight is 346 g/mol. The molecule has 0 aromatic heterocycles. The molecule has 0 bridgehead atoms. The summed E-state index contributed by atoms with van der Waals surface area (Å²) in [7, 11) is -2.23.